The predicted octanol–water partition coefficient (Wildman–Crippen LogP) is 3.55. The van der Waals surface area contributed by atoms with Crippen molar-refractivity contribution in [2.24, 2.45) is 5.92 Å². The quantitative estimate of drug-likeness (QED) is 0.424. The summed E-state index contributed by atoms with van der Waals surface area (Å²) in [5.74, 6) is -0.580. The first-order chi connectivity index (χ1) is 13.8. The molecular formula is C19H20Cl2N6O2. The number of carbonyl (C=O) groups excluding carboxylic acids is 2. The summed E-state index contributed by atoms with van der Waals surface area (Å²) < 4.78 is 0. The van der Waals surface area contributed by atoms with Gasteiger partial charge in [0, 0.05) is 10.6 Å². The van der Waals surface area contributed by atoms with E-state index in [9.17, 15) is 9.59 Å². The van der Waals surface area contributed by atoms with E-state index in [4.69, 9.17) is 23.2 Å². The molecule has 1 unspecified atom stereocenters. The first kappa shape index (κ1) is 20.9. The van der Waals surface area contributed by atoms with Crippen LogP contribution >= 0.6 is 23.2 Å². The number of nitrogens with one attached hydrogen (secondary N) is 4. The van der Waals surface area contributed by atoms with Gasteiger partial charge in [0.25, 0.3) is 11.8 Å². The normalized spacial score (nSPS) is 12.0. The number of nitrogens with zero attached hydrogens (tertiary/aromatic N) is 2. The third-order valence-electron chi connectivity index (χ3n) is 4.16. The number of hydrogen-bond donors (Lipinski definition) is 4. The van der Waals surface area contributed by atoms with E-state index >= 15 is 0 Å². The Balaban J connectivity index is 1.68. The van der Waals surface area contributed by atoms with Crippen LogP contribution in [0.1, 0.15) is 30.6 Å². The van der Waals surface area contributed by atoms with Gasteiger partial charge in [-0.1, -0.05) is 37.0 Å². The van der Waals surface area contributed by atoms with Crippen LogP contribution in [0.15, 0.2) is 36.4 Å². The van der Waals surface area contributed by atoms with E-state index in [2.05, 4.69) is 31.6 Å². The van der Waals surface area contributed by atoms with E-state index in [1.54, 1.807) is 36.4 Å². The minimum Gasteiger partial charge on any atom is -0.340 e. The average Bonchev–Trinajstić information content (AvgIpc) is 3.14. The van der Waals surface area contributed by atoms with E-state index in [0.717, 1.165) is 0 Å². The summed E-state index contributed by atoms with van der Waals surface area (Å²) in [6, 6.07) is 9.05. The lowest BCUT2D eigenvalue weighted by atomic mass is 10.0. The minimum absolute atomic E-state index is 0.184. The molecule has 3 aromatic rings. The zero-order valence-corrected chi connectivity index (χ0v) is 17.3. The summed E-state index contributed by atoms with van der Waals surface area (Å²) in [5, 5.41) is 14.1. The Labute approximate surface area is 177 Å². The molecule has 0 saturated carbocycles. The van der Waals surface area contributed by atoms with Crippen molar-refractivity contribution in [1.29, 1.82) is 0 Å². The van der Waals surface area contributed by atoms with Crippen molar-refractivity contribution in [2.45, 2.75) is 26.3 Å². The summed E-state index contributed by atoms with van der Waals surface area (Å²) in [6.07, 6.45) is 0.458. The van der Waals surface area contributed by atoms with Crippen molar-refractivity contribution >= 4 is 51.7 Å². The van der Waals surface area contributed by atoms with Gasteiger partial charge in [-0.05, 0) is 48.7 Å². The average molecular weight is 435 g/mol. The van der Waals surface area contributed by atoms with Gasteiger partial charge in [0.15, 0.2) is 0 Å². The third kappa shape index (κ3) is 5.36. The molecule has 0 aliphatic carbocycles. The molecule has 0 aliphatic heterocycles. The molecule has 8 nitrogen and oxygen atoms in total. The van der Waals surface area contributed by atoms with Gasteiger partial charge >= 0.3 is 0 Å². The zero-order valence-electron chi connectivity index (χ0n) is 15.8. The van der Waals surface area contributed by atoms with Gasteiger partial charge in [0.1, 0.15) is 17.1 Å². The van der Waals surface area contributed by atoms with Crippen LogP contribution in [-0.2, 0) is 4.79 Å². The van der Waals surface area contributed by atoms with Crippen molar-refractivity contribution < 1.29 is 9.59 Å². The molecule has 2 amide bonds. The second-order valence-electron chi connectivity index (χ2n) is 6.92. The number of fused-ring (bicyclic) bond motifs is 1. The van der Waals surface area contributed by atoms with Gasteiger partial charge in [0.2, 0.25) is 0 Å². The molecular weight excluding hydrogens is 415 g/mol. The lowest BCUT2D eigenvalue weighted by Gasteiger charge is -2.21. The molecule has 1 atom stereocenters. The van der Waals surface area contributed by atoms with Crippen LogP contribution in [0.3, 0.4) is 0 Å². The monoisotopic (exact) mass is 434 g/mol. The van der Waals surface area contributed by atoms with E-state index in [-0.39, 0.29) is 17.7 Å². The lowest BCUT2D eigenvalue weighted by molar-refractivity contribution is -0.122. The highest BCUT2D eigenvalue weighted by atomic mass is 35.5. The third-order valence-corrected chi connectivity index (χ3v) is 4.71. The van der Waals surface area contributed by atoms with E-state index < -0.39 is 6.04 Å². The van der Waals surface area contributed by atoms with Crippen molar-refractivity contribution in [1.82, 2.24) is 26.2 Å². The number of aromatic nitrogens is 3. The fourth-order valence-corrected chi connectivity index (χ4v) is 3.19. The molecule has 10 heteroatoms. The highest BCUT2D eigenvalue weighted by Gasteiger charge is 2.23. The number of anilines is 1. The number of H-pyrrole nitrogens is 1. The second kappa shape index (κ2) is 9.11. The Morgan fingerprint density at radius 3 is 2.55 bits per heavy atom. The SMILES string of the molecule is CC(C)CC(NC(=O)c1ccc2n[nH]nc2c1)C(=O)NNc1ccc(Cl)cc1Cl. The Morgan fingerprint density at radius 2 is 1.83 bits per heavy atom. The largest absolute Gasteiger partial charge is 0.340 e. The summed E-state index contributed by atoms with van der Waals surface area (Å²) in [6.45, 7) is 3.94. The second-order valence-corrected chi connectivity index (χ2v) is 7.76. The molecule has 0 radical (unpaired) electrons. The van der Waals surface area contributed by atoms with Crippen molar-refractivity contribution in [3.63, 3.8) is 0 Å². The fourth-order valence-electron chi connectivity index (χ4n) is 2.73. The van der Waals surface area contributed by atoms with Crippen LogP contribution in [-0.4, -0.2) is 33.3 Å². The van der Waals surface area contributed by atoms with Crippen molar-refractivity contribution in [3.8, 4) is 0 Å². The minimum atomic E-state index is -0.742. The number of hydrogen-bond acceptors (Lipinski definition) is 5. The summed E-state index contributed by atoms with van der Waals surface area (Å²) in [7, 11) is 0. The number of hydrazine groups is 1. The number of amides is 2. The smallest absolute Gasteiger partial charge is 0.260 e. The van der Waals surface area contributed by atoms with Gasteiger partial charge in [-0.15, -0.1) is 0 Å². The number of rotatable bonds is 7. The first-order valence-corrected chi connectivity index (χ1v) is 9.71. The number of carbonyl (C=O) groups is 2. The van der Waals surface area contributed by atoms with Gasteiger partial charge in [-0.3, -0.25) is 20.4 Å². The molecule has 0 fully saturated rings. The highest BCUT2D eigenvalue weighted by Crippen LogP contribution is 2.24. The molecule has 29 heavy (non-hydrogen) atoms. The molecule has 2 aromatic carbocycles. The van der Waals surface area contributed by atoms with Crippen LogP contribution < -0.4 is 16.2 Å². The number of aromatic amines is 1. The van der Waals surface area contributed by atoms with E-state index in [1.807, 2.05) is 13.8 Å². The molecule has 3 rings (SSSR count). The molecule has 1 aromatic heterocycles. The van der Waals surface area contributed by atoms with E-state index in [0.29, 0.717) is 38.8 Å². The maximum absolute atomic E-state index is 12.7. The first-order valence-electron chi connectivity index (χ1n) is 8.96. The van der Waals surface area contributed by atoms with Crippen molar-refractivity contribution in [2.75, 3.05) is 5.43 Å². The topological polar surface area (TPSA) is 112 Å². The van der Waals surface area contributed by atoms with Gasteiger partial charge in [0.05, 0.1) is 10.7 Å². The zero-order chi connectivity index (χ0) is 21.0. The van der Waals surface area contributed by atoms with Crippen LogP contribution in [0.2, 0.25) is 10.0 Å². The maximum Gasteiger partial charge on any atom is 0.260 e. The van der Waals surface area contributed by atoms with Gasteiger partial charge < -0.3 is 5.32 Å². The lowest BCUT2D eigenvalue weighted by Crippen LogP contribution is -2.49. The predicted molar refractivity (Wildman–Crippen MR) is 113 cm³/mol. The Hall–Kier alpha value is -2.84. The number of benzene rings is 2. The van der Waals surface area contributed by atoms with Crippen molar-refractivity contribution in [3.05, 3.63) is 52.0 Å². The van der Waals surface area contributed by atoms with Gasteiger partial charge in [-0.2, -0.15) is 15.4 Å². The van der Waals surface area contributed by atoms with Crippen LogP contribution in [0, 0.1) is 5.92 Å². The summed E-state index contributed by atoms with van der Waals surface area (Å²) >= 11 is 12.0. The van der Waals surface area contributed by atoms with E-state index in [1.165, 1.54) is 0 Å². The summed E-state index contributed by atoms with van der Waals surface area (Å²) in [5.41, 5.74) is 7.46. The van der Waals surface area contributed by atoms with Crippen LogP contribution in [0.5, 0.6) is 0 Å². The van der Waals surface area contributed by atoms with Crippen LogP contribution in [0.25, 0.3) is 11.0 Å². The Kier molecular flexibility index (Phi) is 6.56. The fraction of sp³-hybridized carbons (Fsp3) is 0.263. The highest BCUT2D eigenvalue weighted by molar-refractivity contribution is 6.36. The molecule has 0 aliphatic rings. The summed E-state index contributed by atoms with van der Waals surface area (Å²) in [4.78, 5) is 25.4. The maximum atomic E-state index is 12.7. The molecule has 1 heterocycles. The van der Waals surface area contributed by atoms with Gasteiger partial charge in [-0.25, -0.2) is 0 Å². The standard InChI is InChI=1S/C19H20Cl2N6O2/c1-10(2)7-17(19(29)26-23-14-6-4-12(20)9-13(14)21)22-18(28)11-3-5-15-16(8-11)25-27-24-15/h3-6,8-10,17,23H,7H2,1-2H3,(H,22,28)(H,26,29)(H,24,25,27). The molecule has 0 bridgehead atoms. The molecule has 4 N–H and O–H groups in total. The molecule has 0 spiro atoms. The Bertz CT molecular complexity index is 1040. The Morgan fingerprint density at radius 1 is 1.07 bits per heavy atom. The van der Waals surface area contributed by atoms with Crippen LogP contribution in [0.4, 0.5) is 5.69 Å². The number of halogens is 2. The molecule has 0 saturated heterocycles. The molecule has 152 valence electrons.